The van der Waals surface area contributed by atoms with Gasteiger partial charge in [-0.2, -0.15) is 0 Å². The van der Waals surface area contributed by atoms with Gasteiger partial charge in [0, 0.05) is 18.7 Å². The lowest BCUT2D eigenvalue weighted by molar-refractivity contribution is -0.131. The van der Waals surface area contributed by atoms with Gasteiger partial charge in [0.15, 0.2) is 0 Å². The van der Waals surface area contributed by atoms with Gasteiger partial charge in [-0.05, 0) is 12.1 Å². The molecule has 5 heteroatoms. The fraction of sp³-hybridized carbons (Fsp3) is 0.200. The number of nitrogen functional groups attached to an aromatic ring is 1. The van der Waals surface area contributed by atoms with Crippen LogP contribution in [0.4, 0.5) is 5.69 Å². The molecule has 0 bridgehead atoms. The lowest BCUT2D eigenvalue weighted by Crippen LogP contribution is -2.07. The van der Waals surface area contributed by atoms with Crippen molar-refractivity contribution in [3.8, 4) is 5.75 Å². The summed E-state index contributed by atoms with van der Waals surface area (Å²) >= 11 is 0. The molecule has 1 aromatic rings. The highest BCUT2D eigenvalue weighted by molar-refractivity contribution is 5.95. The Balaban J connectivity index is 2.97. The molecule has 0 atom stereocenters. The number of hydrogen-bond donors (Lipinski definition) is 1. The number of esters is 2. The van der Waals surface area contributed by atoms with E-state index in [1.165, 1.54) is 32.2 Å². The summed E-state index contributed by atoms with van der Waals surface area (Å²) < 4.78 is 9.30. The molecule has 0 aliphatic heterocycles. The molecule has 0 heterocycles. The van der Waals surface area contributed by atoms with Crippen molar-refractivity contribution in [2.45, 2.75) is 6.92 Å². The first kappa shape index (κ1) is 11.0. The van der Waals surface area contributed by atoms with Crippen LogP contribution in [0.25, 0.3) is 0 Å². The molecule has 0 amide bonds. The zero-order valence-electron chi connectivity index (χ0n) is 8.44. The maximum atomic E-state index is 11.2. The molecule has 80 valence electrons. The van der Waals surface area contributed by atoms with Crippen LogP contribution in [0.2, 0.25) is 0 Å². The largest absolute Gasteiger partial charge is 0.465 e. The van der Waals surface area contributed by atoms with Crippen molar-refractivity contribution in [1.29, 1.82) is 0 Å². The van der Waals surface area contributed by atoms with Crippen molar-refractivity contribution in [2.75, 3.05) is 12.8 Å². The van der Waals surface area contributed by atoms with Gasteiger partial charge in [0.1, 0.15) is 5.75 Å². The van der Waals surface area contributed by atoms with Crippen molar-refractivity contribution in [1.82, 2.24) is 0 Å². The first-order valence-electron chi connectivity index (χ1n) is 4.21. The van der Waals surface area contributed by atoms with Gasteiger partial charge in [0.2, 0.25) is 0 Å². The number of ether oxygens (including phenoxy) is 2. The van der Waals surface area contributed by atoms with E-state index < -0.39 is 11.9 Å². The average Bonchev–Trinajstić information content (AvgIpc) is 2.16. The third-order valence-corrected chi connectivity index (χ3v) is 1.69. The third kappa shape index (κ3) is 2.70. The minimum atomic E-state index is -0.526. The van der Waals surface area contributed by atoms with Crippen molar-refractivity contribution < 1.29 is 19.1 Å². The van der Waals surface area contributed by atoms with Gasteiger partial charge >= 0.3 is 11.9 Å². The standard InChI is InChI=1S/C10H11NO4/c1-6(12)15-7-3-4-8(9(11)5-7)10(13)14-2/h3-5H,11H2,1-2H3. The van der Waals surface area contributed by atoms with Gasteiger partial charge in [-0.3, -0.25) is 4.79 Å². The minimum absolute atomic E-state index is 0.209. The monoisotopic (exact) mass is 209 g/mol. The third-order valence-electron chi connectivity index (χ3n) is 1.69. The zero-order valence-corrected chi connectivity index (χ0v) is 8.44. The van der Waals surface area contributed by atoms with E-state index in [1.807, 2.05) is 0 Å². The van der Waals surface area contributed by atoms with Gasteiger partial charge < -0.3 is 15.2 Å². The fourth-order valence-electron chi connectivity index (χ4n) is 1.07. The van der Waals surface area contributed by atoms with Gasteiger partial charge in [0.05, 0.1) is 12.7 Å². The molecule has 0 aliphatic rings. The highest BCUT2D eigenvalue weighted by Crippen LogP contribution is 2.20. The van der Waals surface area contributed by atoms with E-state index in [9.17, 15) is 9.59 Å². The van der Waals surface area contributed by atoms with Gasteiger partial charge in [-0.1, -0.05) is 0 Å². The predicted molar refractivity (Wildman–Crippen MR) is 53.5 cm³/mol. The van der Waals surface area contributed by atoms with Crippen LogP contribution in [0.15, 0.2) is 18.2 Å². The summed E-state index contributed by atoms with van der Waals surface area (Å²) in [4.78, 5) is 21.8. The Morgan fingerprint density at radius 1 is 1.33 bits per heavy atom. The lowest BCUT2D eigenvalue weighted by atomic mass is 10.2. The molecular weight excluding hydrogens is 198 g/mol. The second-order valence-electron chi connectivity index (χ2n) is 2.83. The molecule has 15 heavy (non-hydrogen) atoms. The first-order valence-corrected chi connectivity index (χ1v) is 4.21. The highest BCUT2D eigenvalue weighted by atomic mass is 16.5. The van der Waals surface area contributed by atoms with E-state index >= 15 is 0 Å². The van der Waals surface area contributed by atoms with Gasteiger partial charge in [0.25, 0.3) is 0 Å². The predicted octanol–water partition coefficient (Wildman–Crippen LogP) is 0.981. The molecule has 2 N–H and O–H groups in total. The lowest BCUT2D eigenvalue weighted by Gasteiger charge is -2.06. The van der Waals surface area contributed by atoms with E-state index in [0.717, 1.165) is 0 Å². The molecule has 0 saturated heterocycles. The summed E-state index contributed by atoms with van der Waals surface area (Å²) in [5.74, 6) is -0.672. The van der Waals surface area contributed by atoms with Gasteiger partial charge in [-0.15, -0.1) is 0 Å². The molecule has 0 aliphatic carbocycles. The second kappa shape index (κ2) is 4.45. The Morgan fingerprint density at radius 3 is 2.47 bits per heavy atom. The van der Waals surface area contributed by atoms with Crippen LogP contribution >= 0.6 is 0 Å². The Morgan fingerprint density at radius 2 is 2.00 bits per heavy atom. The maximum absolute atomic E-state index is 11.2. The summed E-state index contributed by atoms with van der Waals surface area (Å²) in [5, 5.41) is 0. The molecule has 1 rings (SSSR count). The Hall–Kier alpha value is -2.04. The molecule has 0 aromatic heterocycles. The number of carbonyl (C=O) groups excluding carboxylic acids is 2. The summed E-state index contributed by atoms with van der Waals surface area (Å²) in [5.41, 5.74) is 6.03. The minimum Gasteiger partial charge on any atom is -0.465 e. The quantitative estimate of drug-likeness (QED) is 0.446. The van der Waals surface area contributed by atoms with Crippen LogP contribution in [-0.2, 0) is 9.53 Å². The van der Waals surface area contributed by atoms with Crippen molar-refractivity contribution in [2.24, 2.45) is 0 Å². The number of anilines is 1. The first-order chi connectivity index (χ1) is 7.04. The zero-order chi connectivity index (χ0) is 11.4. The van der Waals surface area contributed by atoms with Crippen LogP contribution in [0, 0.1) is 0 Å². The topological polar surface area (TPSA) is 78.6 Å². The van der Waals surface area contributed by atoms with E-state index in [4.69, 9.17) is 10.5 Å². The smallest absolute Gasteiger partial charge is 0.339 e. The Labute approximate surface area is 86.8 Å². The molecular formula is C10H11NO4. The fourth-order valence-corrected chi connectivity index (χ4v) is 1.07. The Kier molecular flexibility index (Phi) is 3.28. The number of benzene rings is 1. The molecule has 0 saturated carbocycles. The summed E-state index contributed by atoms with van der Waals surface area (Å²) in [6.45, 7) is 1.28. The second-order valence-corrected chi connectivity index (χ2v) is 2.83. The number of nitrogens with two attached hydrogens (primary N) is 1. The summed E-state index contributed by atoms with van der Waals surface area (Å²) in [6, 6.07) is 4.32. The van der Waals surface area contributed by atoms with Crippen LogP contribution in [-0.4, -0.2) is 19.0 Å². The number of rotatable bonds is 2. The van der Waals surface area contributed by atoms with E-state index in [-0.39, 0.29) is 11.3 Å². The SMILES string of the molecule is COC(=O)c1ccc(OC(C)=O)cc1N. The van der Waals surface area contributed by atoms with Gasteiger partial charge in [-0.25, -0.2) is 4.79 Å². The van der Waals surface area contributed by atoms with Crippen LogP contribution in [0.5, 0.6) is 5.75 Å². The summed E-state index contributed by atoms with van der Waals surface area (Å²) in [7, 11) is 1.27. The molecule has 1 aromatic carbocycles. The molecule has 0 spiro atoms. The molecule has 5 nitrogen and oxygen atoms in total. The maximum Gasteiger partial charge on any atom is 0.339 e. The van der Waals surface area contributed by atoms with Crippen molar-refractivity contribution in [3.63, 3.8) is 0 Å². The van der Waals surface area contributed by atoms with Crippen molar-refractivity contribution in [3.05, 3.63) is 23.8 Å². The summed E-state index contributed by atoms with van der Waals surface area (Å²) in [6.07, 6.45) is 0. The average molecular weight is 209 g/mol. The number of methoxy groups -OCH3 is 1. The molecule has 0 unspecified atom stereocenters. The van der Waals surface area contributed by atoms with E-state index in [0.29, 0.717) is 5.75 Å². The van der Waals surface area contributed by atoms with E-state index in [2.05, 4.69) is 4.74 Å². The van der Waals surface area contributed by atoms with Crippen LogP contribution in [0.3, 0.4) is 0 Å². The highest BCUT2D eigenvalue weighted by Gasteiger charge is 2.10. The molecule has 0 fully saturated rings. The normalized spacial score (nSPS) is 9.47. The number of carbonyl (C=O) groups is 2. The Bertz CT molecular complexity index is 400. The van der Waals surface area contributed by atoms with Crippen LogP contribution in [0.1, 0.15) is 17.3 Å². The van der Waals surface area contributed by atoms with Crippen molar-refractivity contribution >= 4 is 17.6 Å². The van der Waals surface area contributed by atoms with E-state index in [1.54, 1.807) is 0 Å². The number of hydrogen-bond acceptors (Lipinski definition) is 5. The molecule has 0 radical (unpaired) electrons. The van der Waals surface area contributed by atoms with Crippen LogP contribution < -0.4 is 10.5 Å².